The molecular weight excluding hydrogens is 200 g/mol. The third-order valence-electron chi connectivity index (χ3n) is 3.04. The molecule has 0 rings (SSSR count). The van der Waals surface area contributed by atoms with E-state index in [0.717, 1.165) is 25.5 Å². The molecule has 0 aliphatic rings. The van der Waals surface area contributed by atoms with Crippen molar-refractivity contribution in [3.8, 4) is 0 Å². The topological polar surface area (TPSA) is 34.1 Å². The van der Waals surface area contributed by atoms with Crippen LogP contribution in [0.5, 0.6) is 0 Å². The van der Waals surface area contributed by atoms with E-state index in [9.17, 15) is 9.59 Å². The third kappa shape index (κ3) is 7.61. The molecule has 0 aliphatic heterocycles. The Kier molecular flexibility index (Phi) is 10.4. The summed E-state index contributed by atoms with van der Waals surface area (Å²) in [7, 11) is 0. The summed E-state index contributed by atoms with van der Waals surface area (Å²) in [5.74, 6) is -0.235. The SMILES string of the molecule is CCCCCCCCCC(C=O)C(=O)CC. The lowest BCUT2D eigenvalue weighted by atomic mass is 9.96. The van der Waals surface area contributed by atoms with Crippen LogP contribution in [-0.4, -0.2) is 12.1 Å². The standard InChI is InChI=1S/C14H26O2/c1-3-5-6-7-8-9-10-11-13(12-15)14(16)4-2/h12-13H,3-11H2,1-2H3. The Hall–Kier alpha value is -0.660. The van der Waals surface area contributed by atoms with Gasteiger partial charge in [0.25, 0.3) is 0 Å². The molecule has 0 aromatic heterocycles. The van der Waals surface area contributed by atoms with Crippen LogP contribution in [0.1, 0.15) is 71.6 Å². The van der Waals surface area contributed by atoms with Crippen molar-refractivity contribution in [2.24, 2.45) is 5.92 Å². The van der Waals surface area contributed by atoms with Crippen molar-refractivity contribution in [2.45, 2.75) is 71.6 Å². The molecule has 0 N–H and O–H groups in total. The minimum absolute atomic E-state index is 0.0981. The Balaban J connectivity index is 3.41. The largest absolute Gasteiger partial charge is 0.303 e. The van der Waals surface area contributed by atoms with E-state index in [1.54, 1.807) is 0 Å². The second-order valence-electron chi connectivity index (χ2n) is 4.47. The minimum atomic E-state index is -0.333. The number of ketones is 1. The third-order valence-corrected chi connectivity index (χ3v) is 3.04. The van der Waals surface area contributed by atoms with Gasteiger partial charge in [0, 0.05) is 6.42 Å². The quantitative estimate of drug-likeness (QED) is 0.304. The smallest absolute Gasteiger partial charge is 0.142 e. The Morgan fingerprint density at radius 1 is 1.00 bits per heavy atom. The molecule has 0 amide bonds. The molecule has 0 radical (unpaired) electrons. The summed E-state index contributed by atoms with van der Waals surface area (Å²) in [4.78, 5) is 22.0. The first-order valence-corrected chi connectivity index (χ1v) is 6.74. The normalized spacial score (nSPS) is 12.4. The summed E-state index contributed by atoms with van der Waals surface area (Å²) in [6.45, 7) is 4.04. The predicted molar refractivity (Wildman–Crippen MR) is 67.5 cm³/mol. The van der Waals surface area contributed by atoms with Crippen molar-refractivity contribution >= 4 is 12.1 Å². The highest BCUT2D eigenvalue weighted by Crippen LogP contribution is 2.13. The molecule has 1 unspecified atom stereocenters. The van der Waals surface area contributed by atoms with Gasteiger partial charge in [0.15, 0.2) is 0 Å². The van der Waals surface area contributed by atoms with Crippen molar-refractivity contribution in [1.29, 1.82) is 0 Å². The highest BCUT2D eigenvalue weighted by Gasteiger charge is 2.14. The van der Waals surface area contributed by atoms with Gasteiger partial charge in [-0.1, -0.05) is 58.8 Å². The van der Waals surface area contributed by atoms with Gasteiger partial charge in [0.05, 0.1) is 5.92 Å². The molecule has 0 bridgehead atoms. The number of hydrogen-bond acceptors (Lipinski definition) is 2. The average Bonchev–Trinajstić information content (AvgIpc) is 2.32. The second-order valence-corrected chi connectivity index (χ2v) is 4.47. The maximum atomic E-state index is 11.3. The summed E-state index contributed by atoms with van der Waals surface area (Å²) in [6.07, 6.45) is 10.7. The van der Waals surface area contributed by atoms with Gasteiger partial charge >= 0.3 is 0 Å². The van der Waals surface area contributed by atoms with Gasteiger partial charge in [-0.05, 0) is 6.42 Å². The van der Waals surface area contributed by atoms with Gasteiger partial charge in [0.1, 0.15) is 12.1 Å². The van der Waals surface area contributed by atoms with E-state index in [4.69, 9.17) is 0 Å². The van der Waals surface area contributed by atoms with Gasteiger partial charge in [0.2, 0.25) is 0 Å². The molecule has 0 aliphatic carbocycles. The first-order valence-electron chi connectivity index (χ1n) is 6.74. The summed E-state index contributed by atoms with van der Waals surface area (Å²) in [5, 5.41) is 0. The van der Waals surface area contributed by atoms with E-state index in [1.165, 1.54) is 32.1 Å². The van der Waals surface area contributed by atoms with E-state index in [1.807, 2.05) is 6.92 Å². The van der Waals surface area contributed by atoms with Crippen molar-refractivity contribution in [3.05, 3.63) is 0 Å². The zero-order valence-electron chi connectivity index (χ0n) is 10.8. The Bertz CT molecular complexity index is 187. The molecule has 0 heterocycles. The molecule has 94 valence electrons. The van der Waals surface area contributed by atoms with Crippen LogP contribution in [0.15, 0.2) is 0 Å². The monoisotopic (exact) mass is 226 g/mol. The first kappa shape index (κ1) is 15.3. The van der Waals surface area contributed by atoms with Crippen LogP contribution in [0, 0.1) is 5.92 Å². The second kappa shape index (κ2) is 10.8. The summed E-state index contributed by atoms with van der Waals surface area (Å²) >= 11 is 0. The molecule has 0 aromatic rings. The fourth-order valence-electron chi connectivity index (χ4n) is 1.89. The van der Waals surface area contributed by atoms with E-state index < -0.39 is 0 Å². The predicted octanol–water partition coefficient (Wildman–Crippen LogP) is 3.92. The van der Waals surface area contributed by atoms with Crippen LogP contribution >= 0.6 is 0 Å². The number of aldehydes is 1. The number of hydrogen-bond donors (Lipinski definition) is 0. The summed E-state index contributed by atoms with van der Waals surface area (Å²) in [5.41, 5.74) is 0. The van der Waals surface area contributed by atoms with Crippen molar-refractivity contribution in [2.75, 3.05) is 0 Å². The lowest BCUT2D eigenvalue weighted by molar-refractivity contribution is -0.127. The number of Topliss-reactive ketones (excluding diaryl/α,β-unsaturated/α-hetero) is 1. The summed E-state index contributed by atoms with van der Waals surface area (Å²) in [6, 6.07) is 0. The fraction of sp³-hybridized carbons (Fsp3) is 0.857. The number of carbonyl (C=O) groups is 2. The lowest BCUT2D eigenvalue weighted by Crippen LogP contribution is -2.14. The molecule has 16 heavy (non-hydrogen) atoms. The zero-order chi connectivity index (χ0) is 12.2. The molecule has 2 heteroatoms. The number of carbonyl (C=O) groups excluding carboxylic acids is 2. The van der Waals surface area contributed by atoms with Crippen molar-refractivity contribution in [1.82, 2.24) is 0 Å². The molecule has 0 spiro atoms. The molecule has 1 atom stereocenters. The van der Waals surface area contributed by atoms with E-state index in [2.05, 4.69) is 6.92 Å². The molecule has 0 aromatic carbocycles. The average molecular weight is 226 g/mol. The van der Waals surface area contributed by atoms with Gasteiger partial charge in [-0.2, -0.15) is 0 Å². The van der Waals surface area contributed by atoms with E-state index in [0.29, 0.717) is 6.42 Å². The van der Waals surface area contributed by atoms with Gasteiger partial charge in [-0.25, -0.2) is 0 Å². The first-order chi connectivity index (χ1) is 7.76. The number of rotatable bonds is 11. The maximum absolute atomic E-state index is 11.3. The highest BCUT2D eigenvalue weighted by atomic mass is 16.1. The molecule has 0 saturated carbocycles. The van der Waals surface area contributed by atoms with Crippen LogP contribution in [0.4, 0.5) is 0 Å². The Morgan fingerprint density at radius 3 is 2.06 bits per heavy atom. The molecule has 0 saturated heterocycles. The molecule has 2 nitrogen and oxygen atoms in total. The van der Waals surface area contributed by atoms with Crippen LogP contribution in [-0.2, 0) is 9.59 Å². The van der Waals surface area contributed by atoms with Crippen molar-refractivity contribution < 1.29 is 9.59 Å². The minimum Gasteiger partial charge on any atom is -0.303 e. The Morgan fingerprint density at radius 2 is 1.56 bits per heavy atom. The fourth-order valence-corrected chi connectivity index (χ4v) is 1.89. The lowest BCUT2D eigenvalue weighted by Gasteiger charge is -2.07. The highest BCUT2D eigenvalue weighted by molar-refractivity contribution is 5.92. The van der Waals surface area contributed by atoms with E-state index >= 15 is 0 Å². The Labute approximate surface area is 99.8 Å². The van der Waals surface area contributed by atoms with Crippen LogP contribution in [0.2, 0.25) is 0 Å². The van der Waals surface area contributed by atoms with Gasteiger partial charge < -0.3 is 4.79 Å². The van der Waals surface area contributed by atoms with Gasteiger partial charge in [-0.3, -0.25) is 4.79 Å². The molecule has 0 fully saturated rings. The van der Waals surface area contributed by atoms with Crippen LogP contribution in [0.3, 0.4) is 0 Å². The van der Waals surface area contributed by atoms with Crippen LogP contribution in [0.25, 0.3) is 0 Å². The van der Waals surface area contributed by atoms with E-state index in [-0.39, 0.29) is 11.7 Å². The van der Waals surface area contributed by atoms with Crippen molar-refractivity contribution in [3.63, 3.8) is 0 Å². The summed E-state index contributed by atoms with van der Waals surface area (Å²) < 4.78 is 0. The zero-order valence-corrected chi connectivity index (χ0v) is 10.8. The number of unbranched alkanes of at least 4 members (excludes halogenated alkanes) is 6. The molecular formula is C14H26O2. The van der Waals surface area contributed by atoms with Crippen LogP contribution < -0.4 is 0 Å². The van der Waals surface area contributed by atoms with Gasteiger partial charge in [-0.15, -0.1) is 0 Å². The maximum Gasteiger partial charge on any atom is 0.142 e.